The van der Waals surface area contributed by atoms with E-state index in [4.69, 9.17) is 15.2 Å². The standard InChI is InChI=1S/C21H24N6O6/c1-21(2)9-12-5-3-7-14(17(12)33-21)32-20-16(27(30)31)18(24-11-25-20)26-8-4-6-13(26)19(29)23-10-15(22)28/h3,5,7,11,13H,4,6,8-10H2,1-2H3,(H2,22,28)(H,23,29). The Hall–Kier alpha value is -3.96. The molecule has 12 heteroatoms. The zero-order valence-corrected chi connectivity index (χ0v) is 18.2. The lowest BCUT2D eigenvalue weighted by Gasteiger charge is -2.24. The molecule has 2 aliphatic rings. The van der Waals surface area contributed by atoms with Crippen LogP contribution in [0.5, 0.6) is 17.4 Å². The molecule has 0 aliphatic carbocycles. The summed E-state index contributed by atoms with van der Waals surface area (Å²) in [7, 11) is 0. The number of fused-ring (bicyclic) bond motifs is 1. The largest absolute Gasteiger partial charge is 0.483 e. The maximum atomic E-state index is 12.6. The maximum absolute atomic E-state index is 12.6. The van der Waals surface area contributed by atoms with Crippen molar-refractivity contribution in [3.05, 3.63) is 40.2 Å². The number of carbonyl (C=O) groups excluding carboxylic acids is 2. The minimum atomic E-state index is -0.740. The number of carbonyl (C=O) groups is 2. The molecule has 12 nitrogen and oxygen atoms in total. The van der Waals surface area contributed by atoms with Crippen LogP contribution in [0.2, 0.25) is 0 Å². The van der Waals surface area contributed by atoms with Crippen LogP contribution >= 0.6 is 0 Å². The van der Waals surface area contributed by atoms with Crippen LogP contribution in [-0.2, 0) is 16.0 Å². The van der Waals surface area contributed by atoms with Crippen molar-refractivity contribution in [1.82, 2.24) is 15.3 Å². The van der Waals surface area contributed by atoms with Gasteiger partial charge in [-0.2, -0.15) is 4.98 Å². The molecule has 1 aromatic carbocycles. The summed E-state index contributed by atoms with van der Waals surface area (Å²) >= 11 is 0. The molecule has 0 saturated carbocycles. The van der Waals surface area contributed by atoms with Gasteiger partial charge in [0.1, 0.15) is 18.0 Å². The number of para-hydroxylation sites is 1. The molecule has 3 heterocycles. The number of rotatable bonds is 7. The van der Waals surface area contributed by atoms with Crippen molar-refractivity contribution in [3.8, 4) is 17.4 Å². The topological polar surface area (TPSA) is 163 Å². The van der Waals surface area contributed by atoms with E-state index in [9.17, 15) is 19.7 Å². The number of hydrogen-bond donors (Lipinski definition) is 2. The third-order valence-electron chi connectivity index (χ3n) is 5.48. The van der Waals surface area contributed by atoms with E-state index in [0.717, 1.165) is 11.9 Å². The Morgan fingerprint density at radius 2 is 2.18 bits per heavy atom. The molecule has 3 N–H and O–H groups in total. The molecule has 2 aliphatic heterocycles. The van der Waals surface area contributed by atoms with Crippen LogP contribution in [-0.4, -0.2) is 51.4 Å². The first-order chi connectivity index (χ1) is 15.7. The van der Waals surface area contributed by atoms with Gasteiger partial charge in [-0.1, -0.05) is 12.1 Å². The summed E-state index contributed by atoms with van der Waals surface area (Å²) < 4.78 is 11.9. The fraction of sp³-hybridized carbons (Fsp3) is 0.429. The quantitative estimate of drug-likeness (QED) is 0.464. The van der Waals surface area contributed by atoms with Crippen LogP contribution in [0, 0.1) is 10.1 Å². The first-order valence-electron chi connectivity index (χ1n) is 10.5. The number of primary amides is 1. The molecule has 174 valence electrons. The number of amides is 2. The summed E-state index contributed by atoms with van der Waals surface area (Å²) in [6, 6.07) is 4.61. The number of anilines is 1. The number of nitro groups is 1. The second-order valence-electron chi connectivity index (χ2n) is 8.53. The summed E-state index contributed by atoms with van der Waals surface area (Å²) in [6.45, 7) is 3.93. The predicted octanol–water partition coefficient (Wildman–Crippen LogP) is 1.46. The lowest BCUT2D eigenvalue weighted by molar-refractivity contribution is -0.385. The first kappa shape index (κ1) is 22.2. The van der Waals surface area contributed by atoms with E-state index in [1.165, 1.54) is 4.90 Å². The number of nitrogens with two attached hydrogens (primary N) is 1. The third kappa shape index (κ3) is 4.49. The summed E-state index contributed by atoms with van der Waals surface area (Å²) in [5.41, 5.74) is 5.14. The summed E-state index contributed by atoms with van der Waals surface area (Å²) in [6.07, 6.45) is 2.88. The van der Waals surface area contributed by atoms with Gasteiger partial charge in [-0.15, -0.1) is 0 Å². The number of nitrogens with one attached hydrogen (secondary N) is 1. The molecule has 2 aromatic rings. The minimum Gasteiger partial charge on any atom is -0.483 e. The van der Waals surface area contributed by atoms with Gasteiger partial charge in [0.05, 0.1) is 11.5 Å². The Balaban J connectivity index is 1.67. The number of aromatic nitrogens is 2. The Bertz CT molecular complexity index is 1120. The molecular formula is C21H24N6O6. The summed E-state index contributed by atoms with van der Waals surface area (Å²) in [4.78, 5) is 44.6. The van der Waals surface area contributed by atoms with E-state index in [-0.39, 0.29) is 18.2 Å². The highest BCUT2D eigenvalue weighted by Crippen LogP contribution is 2.45. The highest BCUT2D eigenvalue weighted by molar-refractivity contribution is 5.89. The molecule has 1 aromatic heterocycles. The molecular weight excluding hydrogens is 432 g/mol. The molecule has 0 bridgehead atoms. The van der Waals surface area contributed by atoms with Crippen molar-refractivity contribution in [2.24, 2.45) is 5.73 Å². The van der Waals surface area contributed by atoms with Crippen molar-refractivity contribution in [2.75, 3.05) is 18.0 Å². The second-order valence-corrected chi connectivity index (χ2v) is 8.53. The predicted molar refractivity (Wildman–Crippen MR) is 116 cm³/mol. The smallest absolute Gasteiger partial charge is 0.373 e. The average molecular weight is 456 g/mol. The van der Waals surface area contributed by atoms with Crippen LogP contribution in [0.1, 0.15) is 32.3 Å². The molecule has 1 saturated heterocycles. The fourth-order valence-corrected chi connectivity index (χ4v) is 4.16. The molecule has 1 unspecified atom stereocenters. The lowest BCUT2D eigenvalue weighted by atomic mass is 10.0. The van der Waals surface area contributed by atoms with Gasteiger partial charge in [0.15, 0.2) is 11.5 Å². The zero-order chi connectivity index (χ0) is 23.8. The van der Waals surface area contributed by atoms with Gasteiger partial charge < -0.3 is 25.4 Å². The Labute approximate surface area is 189 Å². The maximum Gasteiger partial charge on any atom is 0.373 e. The van der Waals surface area contributed by atoms with Crippen LogP contribution in [0.4, 0.5) is 11.5 Å². The van der Waals surface area contributed by atoms with Crippen LogP contribution < -0.4 is 25.4 Å². The normalized spacial score (nSPS) is 18.4. The fourth-order valence-electron chi connectivity index (χ4n) is 4.16. The van der Waals surface area contributed by atoms with Gasteiger partial charge in [0.25, 0.3) is 0 Å². The average Bonchev–Trinajstić information content (AvgIpc) is 3.35. The summed E-state index contributed by atoms with van der Waals surface area (Å²) in [5.74, 6) is -0.606. The first-order valence-corrected chi connectivity index (χ1v) is 10.5. The molecule has 33 heavy (non-hydrogen) atoms. The SMILES string of the molecule is CC1(C)Cc2cccc(Oc3ncnc(N4CCCC4C(=O)NCC(N)=O)c3[N+](=O)[O-])c2O1. The van der Waals surface area contributed by atoms with Gasteiger partial charge in [-0.3, -0.25) is 19.7 Å². The van der Waals surface area contributed by atoms with Crippen LogP contribution in [0.15, 0.2) is 24.5 Å². The van der Waals surface area contributed by atoms with Crippen LogP contribution in [0.25, 0.3) is 0 Å². The Morgan fingerprint density at radius 3 is 2.91 bits per heavy atom. The Morgan fingerprint density at radius 1 is 1.39 bits per heavy atom. The molecule has 0 spiro atoms. The van der Waals surface area contributed by atoms with Crippen molar-refractivity contribution in [2.45, 2.75) is 44.8 Å². The van der Waals surface area contributed by atoms with E-state index in [1.54, 1.807) is 12.1 Å². The molecule has 1 fully saturated rings. The highest BCUT2D eigenvalue weighted by Gasteiger charge is 2.39. The van der Waals surface area contributed by atoms with Crippen molar-refractivity contribution in [3.63, 3.8) is 0 Å². The monoisotopic (exact) mass is 456 g/mol. The van der Waals surface area contributed by atoms with Gasteiger partial charge in [0.2, 0.25) is 17.6 Å². The van der Waals surface area contributed by atoms with Crippen molar-refractivity contribution >= 4 is 23.3 Å². The Kier molecular flexibility index (Phi) is 5.75. The minimum absolute atomic E-state index is 0.0319. The second kappa shape index (κ2) is 8.52. The molecule has 4 rings (SSSR count). The van der Waals surface area contributed by atoms with Gasteiger partial charge in [0, 0.05) is 18.5 Å². The number of hydrogen-bond acceptors (Lipinski definition) is 9. The highest BCUT2D eigenvalue weighted by atomic mass is 16.6. The molecule has 0 radical (unpaired) electrons. The van der Waals surface area contributed by atoms with E-state index in [2.05, 4.69) is 15.3 Å². The van der Waals surface area contributed by atoms with E-state index >= 15 is 0 Å². The number of benzene rings is 1. The van der Waals surface area contributed by atoms with E-state index in [1.807, 2.05) is 19.9 Å². The van der Waals surface area contributed by atoms with Gasteiger partial charge >= 0.3 is 11.6 Å². The van der Waals surface area contributed by atoms with Gasteiger partial charge in [-0.05, 0) is 32.8 Å². The van der Waals surface area contributed by atoms with Crippen LogP contribution in [0.3, 0.4) is 0 Å². The van der Waals surface area contributed by atoms with E-state index < -0.39 is 34.1 Å². The molecule has 2 amide bonds. The lowest BCUT2D eigenvalue weighted by Crippen LogP contribution is -2.46. The third-order valence-corrected chi connectivity index (χ3v) is 5.48. The molecule has 1 atom stereocenters. The van der Waals surface area contributed by atoms with Crippen molar-refractivity contribution < 1.29 is 24.0 Å². The van der Waals surface area contributed by atoms with Crippen molar-refractivity contribution in [1.29, 1.82) is 0 Å². The number of nitrogens with zero attached hydrogens (tertiary/aromatic N) is 4. The van der Waals surface area contributed by atoms with Gasteiger partial charge in [-0.25, -0.2) is 4.98 Å². The number of ether oxygens (including phenoxy) is 2. The van der Waals surface area contributed by atoms with E-state index in [0.29, 0.717) is 37.3 Å². The summed E-state index contributed by atoms with van der Waals surface area (Å²) in [5, 5.41) is 14.5. The zero-order valence-electron chi connectivity index (χ0n) is 18.2.